The molecule has 4 heterocycles. The average Bonchev–Trinajstić information content (AvgIpc) is 3.28. The van der Waals surface area contributed by atoms with E-state index in [1.165, 1.54) is 0 Å². The Morgan fingerprint density at radius 1 is 1.54 bits per heavy atom. The molecule has 7 nitrogen and oxygen atoms in total. The van der Waals surface area contributed by atoms with Crippen molar-refractivity contribution in [2.24, 2.45) is 0 Å². The Morgan fingerprint density at radius 3 is 3.21 bits per heavy atom. The fourth-order valence-electron chi connectivity index (χ4n) is 3.71. The lowest BCUT2D eigenvalue weighted by molar-refractivity contribution is 0.181. The van der Waals surface area contributed by atoms with Gasteiger partial charge in [0.1, 0.15) is 23.1 Å². The van der Waals surface area contributed by atoms with Crippen LogP contribution in [0.15, 0.2) is 18.5 Å². The van der Waals surface area contributed by atoms with Gasteiger partial charge in [-0.25, -0.2) is 9.97 Å². The summed E-state index contributed by atoms with van der Waals surface area (Å²) in [7, 11) is 0. The monoisotopic (exact) mass is 324 g/mol. The van der Waals surface area contributed by atoms with Gasteiger partial charge in [-0.15, -0.1) is 0 Å². The van der Waals surface area contributed by atoms with Crippen LogP contribution in [0.4, 0.5) is 0 Å². The Balaban J connectivity index is 1.82. The number of rotatable bonds is 4. The number of nitrogens with one attached hydrogen (secondary N) is 1. The van der Waals surface area contributed by atoms with E-state index in [0.717, 1.165) is 48.1 Å². The number of pyridine rings is 1. The molecule has 124 valence electrons. The number of fused-ring (bicyclic) bond motifs is 3. The van der Waals surface area contributed by atoms with Gasteiger partial charge in [0.2, 0.25) is 0 Å². The highest BCUT2D eigenvalue weighted by atomic mass is 16.3. The SMILES string of the molecule is C[C@@H](O)c1nc2cnc3[nH]ccc3c2n1[C@@H]1CCN(CCC#N)C1. The van der Waals surface area contributed by atoms with Crippen LogP contribution in [0, 0.1) is 11.3 Å². The maximum Gasteiger partial charge on any atom is 0.139 e. The first kappa shape index (κ1) is 15.1. The molecule has 1 fully saturated rings. The molecular formula is C17H20N6O. The number of hydrogen-bond donors (Lipinski definition) is 2. The van der Waals surface area contributed by atoms with Gasteiger partial charge < -0.3 is 19.6 Å². The van der Waals surface area contributed by atoms with E-state index in [0.29, 0.717) is 12.2 Å². The first-order valence-electron chi connectivity index (χ1n) is 8.30. The molecule has 2 atom stereocenters. The van der Waals surface area contributed by atoms with Crippen LogP contribution in [0.3, 0.4) is 0 Å². The van der Waals surface area contributed by atoms with Crippen molar-refractivity contribution in [3.8, 4) is 6.07 Å². The zero-order valence-corrected chi connectivity index (χ0v) is 13.6. The minimum absolute atomic E-state index is 0.249. The molecule has 0 amide bonds. The molecule has 3 aromatic heterocycles. The summed E-state index contributed by atoms with van der Waals surface area (Å²) >= 11 is 0. The van der Waals surface area contributed by atoms with E-state index in [2.05, 4.69) is 30.5 Å². The number of hydrogen-bond acceptors (Lipinski definition) is 5. The first-order chi connectivity index (χ1) is 11.7. The van der Waals surface area contributed by atoms with Crippen LogP contribution in [0.1, 0.15) is 37.7 Å². The molecule has 0 aliphatic carbocycles. The molecule has 24 heavy (non-hydrogen) atoms. The molecule has 4 rings (SSSR count). The van der Waals surface area contributed by atoms with Crippen LogP contribution in [-0.4, -0.2) is 49.2 Å². The summed E-state index contributed by atoms with van der Waals surface area (Å²) in [6.07, 6.45) is 4.54. The topological polar surface area (TPSA) is 93.8 Å². The zero-order valence-electron chi connectivity index (χ0n) is 13.6. The van der Waals surface area contributed by atoms with Crippen molar-refractivity contribution in [1.82, 2.24) is 24.4 Å². The number of aliphatic hydroxyl groups excluding tert-OH is 1. The molecule has 1 aliphatic rings. The van der Waals surface area contributed by atoms with Crippen molar-refractivity contribution in [3.63, 3.8) is 0 Å². The van der Waals surface area contributed by atoms with Gasteiger partial charge in [0.25, 0.3) is 0 Å². The standard InChI is InChI=1S/C17H20N6O/c1-11(24)17-21-14-9-20-16-13(3-6-19-16)15(14)23(17)12-4-8-22(10-12)7-2-5-18/h3,6,9,11-12,24H,2,4,7-8,10H2,1H3,(H,19,20)/t11-,12-/m1/s1. The number of likely N-dealkylation sites (tertiary alicyclic amines) is 1. The quantitative estimate of drug-likeness (QED) is 0.767. The molecule has 3 aromatic rings. The van der Waals surface area contributed by atoms with Crippen LogP contribution in [0.25, 0.3) is 22.1 Å². The Kier molecular flexibility index (Phi) is 3.71. The number of imidazole rings is 1. The summed E-state index contributed by atoms with van der Waals surface area (Å²) in [5.74, 6) is 0.688. The minimum Gasteiger partial charge on any atom is -0.385 e. The maximum absolute atomic E-state index is 10.2. The van der Waals surface area contributed by atoms with Gasteiger partial charge >= 0.3 is 0 Å². The molecule has 0 saturated carbocycles. The lowest BCUT2D eigenvalue weighted by atomic mass is 10.2. The first-order valence-corrected chi connectivity index (χ1v) is 8.30. The number of aliphatic hydroxyl groups is 1. The number of nitrogens with zero attached hydrogens (tertiary/aromatic N) is 5. The van der Waals surface area contributed by atoms with E-state index in [4.69, 9.17) is 5.26 Å². The summed E-state index contributed by atoms with van der Waals surface area (Å²) in [4.78, 5) is 14.5. The highest BCUT2D eigenvalue weighted by molar-refractivity contribution is 6.01. The Labute approximate surface area is 139 Å². The van der Waals surface area contributed by atoms with Gasteiger partial charge in [-0.2, -0.15) is 5.26 Å². The minimum atomic E-state index is -0.639. The molecule has 0 spiro atoms. The van der Waals surface area contributed by atoms with Gasteiger partial charge in [0.05, 0.1) is 17.8 Å². The third kappa shape index (κ3) is 2.35. The van der Waals surface area contributed by atoms with Crippen molar-refractivity contribution in [3.05, 3.63) is 24.3 Å². The van der Waals surface area contributed by atoms with E-state index in [1.54, 1.807) is 13.1 Å². The summed E-state index contributed by atoms with van der Waals surface area (Å²) in [5.41, 5.74) is 2.68. The van der Waals surface area contributed by atoms with Crippen molar-refractivity contribution in [1.29, 1.82) is 5.26 Å². The van der Waals surface area contributed by atoms with E-state index < -0.39 is 6.10 Å². The Hall–Kier alpha value is -2.43. The fourth-order valence-corrected chi connectivity index (χ4v) is 3.71. The third-order valence-electron chi connectivity index (χ3n) is 4.79. The molecule has 0 radical (unpaired) electrons. The normalized spacial score (nSPS) is 20.0. The molecular weight excluding hydrogens is 304 g/mol. The maximum atomic E-state index is 10.2. The second-order valence-electron chi connectivity index (χ2n) is 6.40. The number of aromatic nitrogens is 4. The predicted octanol–water partition coefficient (Wildman–Crippen LogP) is 2.13. The summed E-state index contributed by atoms with van der Waals surface area (Å²) in [5, 5.41) is 20.1. The predicted molar refractivity (Wildman–Crippen MR) is 90.3 cm³/mol. The summed E-state index contributed by atoms with van der Waals surface area (Å²) in [6, 6.07) is 4.47. The smallest absolute Gasteiger partial charge is 0.139 e. The largest absolute Gasteiger partial charge is 0.385 e. The lowest BCUT2D eigenvalue weighted by Crippen LogP contribution is -2.23. The van der Waals surface area contributed by atoms with E-state index in [-0.39, 0.29) is 6.04 Å². The van der Waals surface area contributed by atoms with Crippen molar-refractivity contribution in [2.45, 2.75) is 31.9 Å². The molecule has 2 N–H and O–H groups in total. The van der Waals surface area contributed by atoms with E-state index in [9.17, 15) is 5.11 Å². The molecule has 0 aromatic carbocycles. The van der Waals surface area contributed by atoms with Crippen LogP contribution in [0.5, 0.6) is 0 Å². The van der Waals surface area contributed by atoms with Crippen molar-refractivity contribution >= 4 is 22.1 Å². The van der Waals surface area contributed by atoms with Gasteiger partial charge in [0, 0.05) is 43.7 Å². The molecule has 0 unspecified atom stereocenters. The van der Waals surface area contributed by atoms with Gasteiger partial charge in [-0.1, -0.05) is 0 Å². The number of nitriles is 1. The Morgan fingerprint density at radius 2 is 2.42 bits per heavy atom. The molecule has 0 bridgehead atoms. The highest BCUT2D eigenvalue weighted by Gasteiger charge is 2.29. The van der Waals surface area contributed by atoms with Crippen molar-refractivity contribution < 1.29 is 5.11 Å². The molecule has 1 saturated heterocycles. The lowest BCUT2D eigenvalue weighted by Gasteiger charge is -2.19. The fraction of sp³-hybridized carbons (Fsp3) is 0.471. The highest BCUT2D eigenvalue weighted by Crippen LogP contribution is 2.33. The second-order valence-corrected chi connectivity index (χ2v) is 6.40. The van der Waals surface area contributed by atoms with Crippen molar-refractivity contribution in [2.75, 3.05) is 19.6 Å². The van der Waals surface area contributed by atoms with E-state index >= 15 is 0 Å². The average molecular weight is 324 g/mol. The van der Waals surface area contributed by atoms with Crippen LogP contribution in [-0.2, 0) is 0 Å². The van der Waals surface area contributed by atoms with Crippen LogP contribution in [0.2, 0.25) is 0 Å². The van der Waals surface area contributed by atoms with Gasteiger partial charge in [-0.05, 0) is 19.4 Å². The molecule has 1 aliphatic heterocycles. The number of H-pyrrole nitrogens is 1. The van der Waals surface area contributed by atoms with Crippen LogP contribution < -0.4 is 0 Å². The molecule has 7 heteroatoms. The van der Waals surface area contributed by atoms with Gasteiger partial charge in [-0.3, -0.25) is 0 Å². The van der Waals surface area contributed by atoms with Gasteiger partial charge in [0.15, 0.2) is 0 Å². The van der Waals surface area contributed by atoms with Crippen LogP contribution >= 0.6 is 0 Å². The number of aromatic amines is 1. The summed E-state index contributed by atoms with van der Waals surface area (Å²) in [6.45, 7) is 4.39. The Bertz CT molecular complexity index is 918. The second kappa shape index (κ2) is 5.89. The summed E-state index contributed by atoms with van der Waals surface area (Å²) < 4.78 is 2.18. The van der Waals surface area contributed by atoms with E-state index in [1.807, 2.05) is 12.3 Å². The zero-order chi connectivity index (χ0) is 16.7. The third-order valence-corrected chi connectivity index (χ3v) is 4.79.